The van der Waals surface area contributed by atoms with Gasteiger partial charge in [-0.3, -0.25) is 0 Å². The van der Waals surface area contributed by atoms with Crippen molar-refractivity contribution < 1.29 is 4.39 Å². The maximum Gasteiger partial charge on any atom is 0.142 e. The summed E-state index contributed by atoms with van der Waals surface area (Å²) in [5, 5.41) is 0.406. The fourth-order valence-electron chi connectivity index (χ4n) is 0.564. The summed E-state index contributed by atoms with van der Waals surface area (Å²) in [7, 11) is 0. The second kappa shape index (κ2) is 2.77. The van der Waals surface area contributed by atoms with Crippen molar-refractivity contribution in [2.75, 3.05) is 0 Å². The van der Waals surface area contributed by atoms with Gasteiger partial charge in [-0.15, -0.1) is 0 Å². The molecule has 0 saturated heterocycles. The normalized spacial score (nSPS) is 10.0. The van der Waals surface area contributed by atoms with Crippen LogP contribution in [-0.2, 0) is 0 Å². The van der Waals surface area contributed by atoms with Crippen molar-refractivity contribution in [1.82, 2.24) is 0 Å². The quantitative estimate of drug-likeness (QED) is 0.534. The number of benzene rings is 1. The summed E-state index contributed by atoms with van der Waals surface area (Å²) in [6.45, 7) is 3.49. The lowest BCUT2D eigenvalue weighted by molar-refractivity contribution is 0.627. The molecule has 0 unspecified atom stereocenters. The van der Waals surface area contributed by atoms with E-state index in [4.69, 9.17) is 23.2 Å². The van der Waals surface area contributed by atoms with E-state index in [0.29, 0.717) is 10.6 Å². The SMILES string of the molecule is [CH2]c1cc(F)c(Cl)cc1Cl. The Morgan fingerprint density at radius 3 is 2.30 bits per heavy atom. The molecular weight excluding hydrogens is 174 g/mol. The van der Waals surface area contributed by atoms with Crippen molar-refractivity contribution >= 4 is 23.2 Å². The summed E-state index contributed by atoms with van der Waals surface area (Å²) in [5.74, 6) is -0.490. The van der Waals surface area contributed by atoms with E-state index in [2.05, 4.69) is 6.92 Å². The first-order chi connectivity index (χ1) is 4.61. The molecule has 0 aliphatic rings. The van der Waals surface area contributed by atoms with Crippen molar-refractivity contribution in [2.24, 2.45) is 0 Å². The summed E-state index contributed by atoms with van der Waals surface area (Å²) >= 11 is 11.0. The summed E-state index contributed by atoms with van der Waals surface area (Å²) in [5.41, 5.74) is 0.448. The summed E-state index contributed by atoms with van der Waals surface area (Å²) < 4.78 is 12.5. The third-order valence-electron chi connectivity index (χ3n) is 1.09. The van der Waals surface area contributed by atoms with Gasteiger partial charge in [0.1, 0.15) is 5.82 Å². The molecule has 0 atom stereocenters. The van der Waals surface area contributed by atoms with Crippen LogP contribution in [0.1, 0.15) is 5.56 Å². The first-order valence-electron chi connectivity index (χ1n) is 2.58. The highest BCUT2D eigenvalue weighted by atomic mass is 35.5. The Bertz CT molecular complexity index is 208. The first kappa shape index (κ1) is 7.83. The van der Waals surface area contributed by atoms with Crippen molar-refractivity contribution in [3.05, 3.63) is 40.5 Å². The van der Waals surface area contributed by atoms with Gasteiger partial charge in [0.05, 0.1) is 5.02 Å². The zero-order valence-corrected chi connectivity index (χ0v) is 6.51. The fourth-order valence-corrected chi connectivity index (χ4v) is 0.947. The molecule has 0 amide bonds. The second-order valence-electron chi connectivity index (χ2n) is 1.86. The fraction of sp³-hybridized carbons (Fsp3) is 0. The van der Waals surface area contributed by atoms with E-state index in [-0.39, 0.29) is 5.02 Å². The average Bonchev–Trinajstić information content (AvgIpc) is 1.84. The predicted molar refractivity (Wildman–Crippen MR) is 40.9 cm³/mol. The van der Waals surface area contributed by atoms with Crippen LogP contribution in [-0.4, -0.2) is 0 Å². The number of halogens is 3. The van der Waals surface area contributed by atoms with E-state index < -0.39 is 5.82 Å². The topological polar surface area (TPSA) is 0 Å². The van der Waals surface area contributed by atoms with E-state index in [0.717, 1.165) is 0 Å². The Balaban J connectivity index is 3.28. The van der Waals surface area contributed by atoms with Crippen LogP contribution < -0.4 is 0 Å². The van der Waals surface area contributed by atoms with Crippen LogP contribution >= 0.6 is 23.2 Å². The Kier molecular flexibility index (Phi) is 2.17. The molecule has 3 heteroatoms. The van der Waals surface area contributed by atoms with Gasteiger partial charge in [0.2, 0.25) is 0 Å². The van der Waals surface area contributed by atoms with Gasteiger partial charge in [-0.1, -0.05) is 23.2 Å². The third kappa shape index (κ3) is 1.41. The standard InChI is InChI=1S/C7H4Cl2F/c1-4-2-7(10)6(9)3-5(4)8/h2-3H,1H2. The zero-order chi connectivity index (χ0) is 7.72. The Morgan fingerprint density at radius 1 is 1.20 bits per heavy atom. The lowest BCUT2D eigenvalue weighted by Crippen LogP contribution is -1.80. The van der Waals surface area contributed by atoms with Gasteiger partial charge in [0, 0.05) is 5.02 Å². The molecule has 0 fully saturated rings. The number of rotatable bonds is 0. The molecule has 0 spiro atoms. The van der Waals surface area contributed by atoms with Gasteiger partial charge in [-0.2, -0.15) is 0 Å². The van der Waals surface area contributed by atoms with Gasteiger partial charge in [-0.25, -0.2) is 4.39 Å². The van der Waals surface area contributed by atoms with Crippen molar-refractivity contribution in [3.63, 3.8) is 0 Å². The van der Waals surface area contributed by atoms with E-state index in [1.165, 1.54) is 12.1 Å². The van der Waals surface area contributed by atoms with Gasteiger partial charge in [-0.05, 0) is 24.6 Å². The minimum atomic E-state index is -0.490. The molecule has 0 saturated carbocycles. The number of hydrogen-bond acceptors (Lipinski definition) is 0. The largest absolute Gasteiger partial charge is 0.205 e. The zero-order valence-electron chi connectivity index (χ0n) is 5.00. The van der Waals surface area contributed by atoms with Gasteiger partial charge < -0.3 is 0 Å². The lowest BCUT2D eigenvalue weighted by atomic mass is 10.2. The van der Waals surface area contributed by atoms with Gasteiger partial charge in [0.15, 0.2) is 0 Å². The van der Waals surface area contributed by atoms with Gasteiger partial charge in [0.25, 0.3) is 0 Å². The maximum absolute atomic E-state index is 12.5. The molecule has 1 rings (SSSR count). The summed E-state index contributed by atoms with van der Waals surface area (Å²) in [4.78, 5) is 0. The molecule has 0 aliphatic carbocycles. The molecule has 0 nitrogen and oxygen atoms in total. The average molecular weight is 178 g/mol. The van der Waals surface area contributed by atoms with E-state index in [1.807, 2.05) is 0 Å². The Hall–Kier alpha value is -0.270. The van der Waals surface area contributed by atoms with Crippen LogP contribution in [0, 0.1) is 12.7 Å². The smallest absolute Gasteiger partial charge is 0.142 e. The Labute approximate surface area is 68.6 Å². The summed E-state index contributed by atoms with van der Waals surface area (Å²) in [6.07, 6.45) is 0. The molecule has 0 heterocycles. The molecule has 1 aromatic rings. The number of hydrogen-bond donors (Lipinski definition) is 0. The molecule has 0 aromatic heterocycles. The molecule has 53 valence electrons. The van der Waals surface area contributed by atoms with Crippen molar-refractivity contribution in [2.45, 2.75) is 0 Å². The van der Waals surface area contributed by atoms with Crippen LogP contribution in [0.2, 0.25) is 10.0 Å². The van der Waals surface area contributed by atoms with Crippen molar-refractivity contribution in [3.8, 4) is 0 Å². The molecule has 1 radical (unpaired) electrons. The summed E-state index contributed by atoms with van der Waals surface area (Å²) in [6, 6.07) is 2.53. The van der Waals surface area contributed by atoms with Crippen LogP contribution in [0.5, 0.6) is 0 Å². The highest BCUT2D eigenvalue weighted by molar-refractivity contribution is 6.35. The predicted octanol–water partition coefficient (Wildman–Crippen LogP) is 3.31. The van der Waals surface area contributed by atoms with Crippen LogP contribution in [0.25, 0.3) is 0 Å². The van der Waals surface area contributed by atoms with Crippen LogP contribution in [0.4, 0.5) is 4.39 Å². The second-order valence-corrected chi connectivity index (χ2v) is 2.67. The molecule has 0 aliphatic heterocycles. The first-order valence-corrected chi connectivity index (χ1v) is 3.33. The monoisotopic (exact) mass is 177 g/mol. The van der Waals surface area contributed by atoms with Crippen molar-refractivity contribution in [1.29, 1.82) is 0 Å². The molecule has 1 aromatic carbocycles. The maximum atomic E-state index is 12.5. The van der Waals surface area contributed by atoms with E-state index in [1.54, 1.807) is 0 Å². The molecule has 10 heavy (non-hydrogen) atoms. The van der Waals surface area contributed by atoms with E-state index in [9.17, 15) is 4.39 Å². The lowest BCUT2D eigenvalue weighted by Gasteiger charge is -1.97. The highest BCUT2D eigenvalue weighted by Gasteiger charge is 2.02. The van der Waals surface area contributed by atoms with Crippen LogP contribution in [0.15, 0.2) is 12.1 Å². The van der Waals surface area contributed by atoms with Crippen LogP contribution in [0.3, 0.4) is 0 Å². The molecular formula is C7H4Cl2F. The minimum Gasteiger partial charge on any atom is -0.205 e. The minimum absolute atomic E-state index is 0.0254. The molecule has 0 bridgehead atoms. The van der Waals surface area contributed by atoms with E-state index >= 15 is 0 Å². The highest BCUT2D eigenvalue weighted by Crippen LogP contribution is 2.22. The Morgan fingerprint density at radius 2 is 1.80 bits per heavy atom. The molecule has 0 N–H and O–H groups in total. The third-order valence-corrected chi connectivity index (χ3v) is 1.73. The van der Waals surface area contributed by atoms with Gasteiger partial charge >= 0.3 is 0 Å².